The minimum Gasteiger partial charge on any atom is -0.462 e. The molecule has 10 heteroatoms. The number of esters is 1. The molecule has 0 fully saturated rings. The van der Waals surface area contributed by atoms with E-state index >= 15 is 0 Å². The molecule has 0 saturated heterocycles. The van der Waals surface area contributed by atoms with Crippen LogP contribution in [0.25, 0.3) is 0 Å². The van der Waals surface area contributed by atoms with Crippen LogP contribution in [0.4, 0.5) is 17.1 Å². The van der Waals surface area contributed by atoms with E-state index in [9.17, 15) is 24.0 Å². The Balaban J connectivity index is 1.50. The summed E-state index contributed by atoms with van der Waals surface area (Å²) in [5.41, 5.74) is 1.88. The molecule has 0 aliphatic carbocycles. The smallest absolute Gasteiger partial charge is 0.338 e. The van der Waals surface area contributed by atoms with Gasteiger partial charge in [-0.1, -0.05) is 29.8 Å². The maximum Gasteiger partial charge on any atom is 0.338 e. The second-order valence-electron chi connectivity index (χ2n) is 8.20. The van der Waals surface area contributed by atoms with E-state index in [1.807, 2.05) is 0 Å². The fourth-order valence-electron chi connectivity index (χ4n) is 3.71. The van der Waals surface area contributed by atoms with Crippen LogP contribution >= 0.6 is 11.6 Å². The van der Waals surface area contributed by atoms with Crippen molar-refractivity contribution in [3.05, 3.63) is 100 Å². The lowest BCUT2D eigenvalue weighted by Gasteiger charge is -2.15. The summed E-state index contributed by atoms with van der Waals surface area (Å²) in [4.78, 5) is 63.1. The maximum absolute atomic E-state index is 13.1. The van der Waals surface area contributed by atoms with E-state index in [0.717, 1.165) is 4.90 Å². The number of hydrogen-bond acceptors (Lipinski definition) is 7. The number of carbonyl (C=O) groups excluding carboxylic acids is 5. The Bertz CT molecular complexity index is 1500. The van der Waals surface area contributed by atoms with Crippen LogP contribution in [0, 0.1) is 0 Å². The Hall–Kier alpha value is -4.76. The zero-order valence-corrected chi connectivity index (χ0v) is 21.2. The van der Waals surface area contributed by atoms with Crippen LogP contribution in [0.5, 0.6) is 0 Å². The van der Waals surface area contributed by atoms with E-state index in [2.05, 4.69) is 10.6 Å². The largest absolute Gasteiger partial charge is 0.462 e. The predicted molar refractivity (Wildman–Crippen MR) is 142 cm³/mol. The van der Waals surface area contributed by atoms with Gasteiger partial charge in [-0.2, -0.15) is 0 Å². The molecule has 0 unspecified atom stereocenters. The molecular formula is C28H22ClN3O6. The van der Waals surface area contributed by atoms with Gasteiger partial charge in [-0.05, 0) is 68.4 Å². The zero-order valence-electron chi connectivity index (χ0n) is 20.4. The van der Waals surface area contributed by atoms with E-state index in [1.165, 1.54) is 37.3 Å². The Morgan fingerprint density at radius 2 is 1.47 bits per heavy atom. The van der Waals surface area contributed by atoms with Gasteiger partial charge in [0.05, 0.1) is 17.9 Å². The van der Waals surface area contributed by atoms with Gasteiger partial charge in [-0.25, -0.2) is 9.69 Å². The highest BCUT2D eigenvalue weighted by Crippen LogP contribution is 2.30. The second kappa shape index (κ2) is 11.1. The number of ether oxygens (including phenoxy) is 1. The number of ketones is 1. The summed E-state index contributed by atoms with van der Waals surface area (Å²) in [7, 11) is 0. The van der Waals surface area contributed by atoms with Gasteiger partial charge in [-0.15, -0.1) is 0 Å². The number of hydrogen-bond donors (Lipinski definition) is 2. The number of benzene rings is 3. The fraction of sp³-hybridized carbons (Fsp3) is 0.107. The van der Waals surface area contributed by atoms with Crippen LogP contribution in [-0.4, -0.2) is 36.1 Å². The van der Waals surface area contributed by atoms with Gasteiger partial charge < -0.3 is 15.4 Å². The third-order valence-electron chi connectivity index (χ3n) is 5.59. The van der Waals surface area contributed by atoms with Crippen molar-refractivity contribution in [1.82, 2.24) is 0 Å². The molecule has 2 N–H and O–H groups in total. The van der Waals surface area contributed by atoms with Crippen LogP contribution in [-0.2, 0) is 14.3 Å². The van der Waals surface area contributed by atoms with Crippen molar-refractivity contribution in [3.63, 3.8) is 0 Å². The minimum atomic E-state index is -0.734. The van der Waals surface area contributed by atoms with Crippen LogP contribution in [0.15, 0.2) is 83.5 Å². The van der Waals surface area contributed by atoms with Crippen molar-refractivity contribution in [2.75, 3.05) is 22.1 Å². The van der Waals surface area contributed by atoms with Gasteiger partial charge in [0.1, 0.15) is 10.7 Å². The third kappa shape index (κ3) is 5.47. The van der Waals surface area contributed by atoms with Gasteiger partial charge in [0.15, 0.2) is 5.78 Å². The average molecular weight is 532 g/mol. The monoisotopic (exact) mass is 531 g/mol. The molecule has 4 rings (SSSR count). The number of imide groups is 1. The molecule has 0 spiro atoms. The number of nitrogens with one attached hydrogen (secondary N) is 2. The molecule has 1 aliphatic rings. The summed E-state index contributed by atoms with van der Waals surface area (Å²) in [5, 5.41) is 5.25. The molecule has 192 valence electrons. The van der Waals surface area contributed by atoms with Crippen molar-refractivity contribution in [3.8, 4) is 0 Å². The average Bonchev–Trinajstić information content (AvgIpc) is 3.12. The standard InChI is InChI=1S/C28H22ClN3O6/c1-3-38-28(37)17-10-12-22(13-11-17)32-26(35)23(29)24(27(32)36)30-20-8-5-7-19(15-20)25(34)31-21-9-4-6-18(14-21)16(2)33/h4-15,30H,3H2,1-2H3,(H,31,34). The molecule has 9 nitrogen and oxygen atoms in total. The van der Waals surface area contributed by atoms with Gasteiger partial charge >= 0.3 is 5.97 Å². The third-order valence-corrected chi connectivity index (χ3v) is 5.94. The molecule has 0 radical (unpaired) electrons. The zero-order chi connectivity index (χ0) is 27.4. The van der Waals surface area contributed by atoms with Crippen molar-refractivity contribution >= 4 is 58.1 Å². The molecule has 3 aromatic rings. The van der Waals surface area contributed by atoms with Gasteiger partial charge in [-0.3, -0.25) is 19.2 Å². The lowest BCUT2D eigenvalue weighted by Crippen LogP contribution is -2.32. The normalized spacial score (nSPS) is 13.0. The molecule has 0 aromatic heterocycles. The lowest BCUT2D eigenvalue weighted by molar-refractivity contribution is -0.120. The number of nitrogens with zero attached hydrogens (tertiary/aromatic N) is 1. The number of amides is 3. The summed E-state index contributed by atoms with van der Waals surface area (Å²) in [6.07, 6.45) is 0. The van der Waals surface area contributed by atoms with Crippen LogP contribution in [0.1, 0.15) is 44.9 Å². The minimum absolute atomic E-state index is 0.128. The topological polar surface area (TPSA) is 122 Å². The highest BCUT2D eigenvalue weighted by atomic mass is 35.5. The van der Waals surface area contributed by atoms with Crippen molar-refractivity contribution in [2.24, 2.45) is 0 Å². The molecule has 0 bridgehead atoms. The molecule has 1 aliphatic heterocycles. The summed E-state index contributed by atoms with van der Waals surface area (Å²) in [5.74, 6) is -2.52. The molecule has 0 saturated carbocycles. The number of Topliss-reactive ketones (excluding diaryl/α,β-unsaturated/α-hetero) is 1. The quantitative estimate of drug-likeness (QED) is 0.244. The molecule has 3 amide bonds. The maximum atomic E-state index is 13.1. The van der Waals surface area contributed by atoms with Gasteiger partial charge in [0.2, 0.25) is 0 Å². The van der Waals surface area contributed by atoms with E-state index in [1.54, 1.807) is 49.4 Å². The highest BCUT2D eigenvalue weighted by molar-refractivity contribution is 6.53. The van der Waals surface area contributed by atoms with E-state index in [0.29, 0.717) is 16.9 Å². The SMILES string of the molecule is CCOC(=O)c1ccc(N2C(=O)C(Cl)=C(Nc3cccc(C(=O)Nc4cccc(C(C)=O)c4)c3)C2=O)cc1. The molecule has 1 heterocycles. The first-order valence-electron chi connectivity index (χ1n) is 11.5. The Labute approximate surface area is 223 Å². The van der Waals surface area contributed by atoms with Crippen LogP contribution in [0.2, 0.25) is 0 Å². The summed E-state index contributed by atoms with van der Waals surface area (Å²) < 4.78 is 4.94. The number of carbonyl (C=O) groups is 5. The summed E-state index contributed by atoms with van der Waals surface area (Å²) >= 11 is 6.22. The Morgan fingerprint density at radius 3 is 2.13 bits per heavy atom. The first kappa shape index (κ1) is 26.3. The van der Waals surface area contributed by atoms with Crippen molar-refractivity contribution in [1.29, 1.82) is 0 Å². The van der Waals surface area contributed by atoms with Crippen molar-refractivity contribution < 1.29 is 28.7 Å². The van der Waals surface area contributed by atoms with Crippen LogP contribution in [0.3, 0.4) is 0 Å². The number of halogens is 1. The van der Waals surface area contributed by atoms with Gasteiger partial charge in [0, 0.05) is 22.5 Å². The molecule has 3 aromatic carbocycles. The number of rotatable bonds is 8. The van der Waals surface area contributed by atoms with E-state index in [4.69, 9.17) is 16.3 Å². The number of anilines is 3. The first-order valence-corrected chi connectivity index (χ1v) is 11.9. The summed E-state index contributed by atoms with van der Waals surface area (Å²) in [6.45, 7) is 3.34. The molecular weight excluding hydrogens is 510 g/mol. The fourth-order valence-corrected chi connectivity index (χ4v) is 3.92. The molecule has 0 atom stereocenters. The first-order chi connectivity index (χ1) is 18.2. The Morgan fingerprint density at radius 1 is 0.842 bits per heavy atom. The second-order valence-corrected chi connectivity index (χ2v) is 8.58. The van der Waals surface area contributed by atoms with Gasteiger partial charge in [0.25, 0.3) is 17.7 Å². The summed E-state index contributed by atoms with van der Waals surface area (Å²) in [6, 6.07) is 18.6. The van der Waals surface area contributed by atoms with E-state index in [-0.39, 0.29) is 39.9 Å². The lowest BCUT2D eigenvalue weighted by atomic mass is 10.1. The van der Waals surface area contributed by atoms with E-state index < -0.39 is 23.7 Å². The van der Waals surface area contributed by atoms with Crippen molar-refractivity contribution in [2.45, 2.75) is 13.8 Å². The van der Waals surface area contributed by atoms with Crippen LogP contribution < -0.4 is 15.5 Å². The molecule has 38 heavy (non-hydrogen) atoms. The Kier molecular flexibility index (Phi) is 7.68. The predicted octanol–water partition coefficient (Wildman–Crippen LogP) is 4.75. The highest BCUT2D eigenvalue weighted by Gasteiger charge is 2.39.